The number of rotatable bonds is 6. The Bertz CT molecular complexity index is 1290. The van der Waals surface area contributed by atoms with Crippen LogP contribution in [0.1, 0.15) is 35.4 Å². The monoisotopic (exact) mass is 484 g/mol. The van der Waals surface area contributed by atoms with Gasteiger partial charge in [0.1, 0.15) is 17.9 Å². The van der Waals surface area contributed by atoms with Crippen LogP contribution in [0.2, 0.25) is 10.0 Å². The lowest BCUT2D eigenvalue weighted by Crippen LogP contribution is -2.46. The molecule has 7 nitrogen and oxygen atoms in total. The summed E-state index contributed by atoms with van der Waals surface area (Å²) in [7, 11) is 1.58. The molecule has 1 aromatic heterocycles. The number of amidine groups is 1. The Morgan fingerprint density at radius 3 is 2.85 bits per heavy atom. The van der Waals surface area contributed by atoms with Gasteiger partial charge in [0.05, 0.1) is 12.2 Å². The first-order chi connectivity index (χ1) is 16.0. The van der Waals surface area contributed by atoms with Crippen LogP contribution in [0.15, 0.2) is 58.6 Å². The van der Waals surface area contributed by atoms with E-state index in [0.29, 0.717) is 46.3 Å². The number of aryl methyl sites for hydroxylation is 1. The van der Waals surface area contributed by atoms with E-state index in [1.54, 1.807) is 19.2 Å². The van der Waals surface area contributed by atoms with Crippen molar-refractivity contribution in [3.63, 3.8) is 0 Å². The van der Waals surface area contributed by atoms with Crippen molar-refractivity contribution in [2.75, 3.05) is 6.61 Å². The van der Waals surface area contributed by atoms with Gasteiger partial charge in [-0.05, 0) is 60.6 Å². The van der Waals surface area contributed by atoms with Crippen LogP contribution in [0, 0.1) is 0 Å². The van der Waals surface area contributed by atoms with Crippen molar-refractivity contribution in [3.8, 4) is 11.5 Å². The van der Waals surface area contributed by atoms with Crippen molar-refractivity contribution in [2.24, 2.45) is 12.2 Å². The third-order valence-electron chi connectivity index (χ3n) is 5.73. The number of hydrogen-bond acceptors (Lipinski definition) is 6. The predicted octanol–water partition coefficient (Wildman–Crippen LogP) is 4.65. The summed E-state index contributed by atoms with van der Waals surface area (Å²) >= 11 is 12.3. The molecule has 2 aromatic carbocycles. The van der Waals surface area contributed by atoms with Gasteiger partial charge in [0.25, 0.3) is 5.56 Å². The molecular weight excluding hydrogens is 463 g/mol. The van der Waals surface area contributed by atoms with E-state index in [1.807, 2.05) is 24.3 Å². The second-order valence-electron chi connectivity index (χ2n) is 8.28. The Kier molecular flexibility index (Phi) is 6.00. The van der Waals surface area contributed by atoms with Gasteiger partial charge in [0.2, 0.25) is 0 Å². The van der Waals surface area contributed by atoms with Crippen molar-refractivity contribution < 1.29 is 9.57 Å². The molecule has 170 valence electrons. The highest BCUT2D eigenvalue weighted by Gasteiger charge is 2.27. The summed E-state index contributed by atoms with van der Waals surface area (Å²) < 4.78 is 7.36. The van der Waals surface area contributed by atoms with Crippen molar-refractivity contribution in [1.29, 1.82) is 0 Å². The number of benzene rings is 2. The number of ether oxygens (including phenoxy) is 1. The van der Waals surface area contributed by atoms with Crippen LogP contribution in [0.25, 0.3) is 0 Å². The van der Waals surface area contributed by atoms with Crippen LogP contribution in [0.3, 0.4) is 0 Å². The maximum atomic E-state index is 13.0. The largest absolute Gasteiger partial charge is 0.455 e. The number of halogens is 2. The molecule has 1 N–H and O–H groups in total. The van der Waals surface area contributed by atoms with E-state index in [1.165, 1.54) is 29.3 Å². The Hall–Kier alpha value is -3.03. The first-order valence-electron chi connectivity index (χ1n) is 10.7. The molecule has 9 heteroatoms. The molecule has 0 radical (unpaired) electrons. The molecule has 0 spiro atoms. The number of hydrogen-bond donors (Lipinski definition) is 1. The SMILES string of the molecule is Cn1ncc(Oc2cccc(C3CC3)c2)c(C2=NOCC(Cc3ccc(Cl)cc3Cl)N2)c1=O. The Morgan fingerprint density at radius 2 is 2.06 bits per heavy atom. The fraction of sp³-hybridized carbons (Fsp3) is 0.292. The quantitative estimate of drug-likeness (QED) is 0.550. The molecule has 5 rings (SSSR count). The van der Waals surface area contributed by atoms with E-state index in [0.717, 1.165) is 5.56 Å². The van der Waals surface area contributed by atoms with E-state index >= 15 is 0 Å². The van der Waals surface area contributed by atoms with Gasteiger partial charge in [-0.25, -0.2) is 4.68 Å². The van der Waals surface area contributed by atoms with Gasteiger partial charge in [-0.1, -0.05) is 46.6 Å². The third kappa shape index (κ3) is 4.84. The van der Waals surface area contributed by atoms with E-state index in [4.69, 9.17) is 32.8 Å². The minimum absolute atomic E-state index is 0.153. The van der Waals surface area contributed by atoms with Crippen molar-refractivity contribution >= 4 is 29.0 Å². The van der Waals surface area contributed by atoms with Crippen LogP contribution in [-0.2, 0) is 18.3 Å². The van der Waals surface area contributed by atoms with Crippen LogP contribution in [0.4, 0.5) is 0 Å². The average Bonchev–Trinajstić information content (AvgIpc) is 3.65. The van der Waals surface area contributed by atoms with Crippen molar-refractivity contribution in [1.82, 2.24) is 15.1 Å². The molecule has 3 aromatic rings. The summed E-state index contributed by atoms with van der Waals surface area (Å²) in [5.41, 5.74) is 2.07. The topological polar surface area (TPSA) is 77.7 Å². The zero-order valence-electron chi connectivity index (χ0n) is 17.9. The molecular formula is C24H22Cl2N4O3. The molecule has 2 heterocycles. The second kappa shape index (κ2) is 9.08. The standard InChI is InChI=1S/C24H22Cl2N4O3/c1-30-24(31)22(21(12-27-30)33-19-4-2-3-15(10-19)14-5-6-14)23-28-18(13-32-29-23)9-16-7-8-17(25)11-20(16)26/h2-4,7-8,10-12,14,18H,5-6,9,13H2,1H3,(H,28,29). The van der Waals surface area contributed by atoms with Gasteiger partial charge in [0.15, 0.2) is 11.6 Å². The van der Waals surface area contributed by atoms with Gasteiger partial charge in [0, 0.05) is 17.1 Å². The fourth-order valence-electron chi connectivity index (χ4n) is 3.83. The van der Waals surface area contributed by atoms with E-state index in [-0.39, 0.29) is 17.2 Å². The zero-order valence-corrected chi connectivity index (χ0v) is 19.4. The summed E-state index contributed by atoms with van der Waals surface area (Å²) in [6.45, 7) is 0.327. The van der Waals surface area contributed by atoms with Gasteiger partial charge in [-0.15, -0.1) is 0 Å². The minimum Gasteiger partial charge on any atom is -0.455 e. The lowest BCUT2D eigenvalue weighted by atomic mass is 10.1. The van der Waals surface area contributed by atoms with Crippen LogP contribution >= 0.6 is 23.2 Å². The molecule has 0 amide bonds. The second-order valence-corrected chi connectivity index (χ2v) is 9.12. The number of nitrogens with one attached hydrogen (secondary N) is 1. The Morgan fingerprint density at radius 1 is 1.21 bits per heavy atom. The normalized spacial score (nSPS) is 17.7. The molecule has 1 aliphatic carbocycles. The lowest BCUT2D eigenvalue weighted by Gasteiger charge is -2.25. The molecule has 2 aliphatic rings. The van der Waals surface area contributed by atoms with Crippen LogP contribution in [-0.4, -0.2) is 28.3 Å². The molecule has 1 aliphatic heterocycles. The Labute approximate surface area is 200 Å². The molecule has 1 saturated carbocycles. The first-order valence-corrected chi connectivity index (χ1v) is 11.5. The van der Waals surface area contributed by atoms with Crippen LogP contribution < -0.4 is 15.6 Å². The van der Waals surface area contributed by atoms with Crippen molar-refractivity contribution in [2.45, 2.75) is 31.2 Å². The highest BCUT2D eigenvalue weighted by Crippen LogP contribution is 2.41. The maximum Gasteiger partial charge on any atom is 0.281 e. The highest BCUT2D eigenvalue weighted by atomic mass is 35.5. The highest BCUT2D eigenvalue weighted by molar-refractivity contribution is 6.35. The van der Waals surface area contributed by atoms with Gasteiger partial charge in [-0.3, -0.25) is 4.79 Å². The Balaban J connectivity index is 1.42. The molecule has 0 bridgehead atoms. The van der Waals surface area contributed by atoms with Crippen molar-refractivity contribution in [3.05, 3.63) is 85.8 Å². The molecule has 1 fully saturated rings. The summed E-state index contributed by atoms with van der Waals surface area (Å²) in [5, 5.41) is 12.7. The molecule has 1 atom stereocenters. The predicted molar refractivity (Wildman–Crippen MR) is 128 cm³/mol. The number of nitrogens with zero attached hydrogens (tertiary/aromatic N) is 3. The van der Waals surface area contributed by atoms with E-state index in [2.05, 4.69) is 21.6 Å². The summed E-state index contributed by atoms with van der Waals surface area (Å²) in [6, 6.07) is 13.2. The molecule has 33 heavy (non-hydrogen) atoms. The number of oxime groups is 1. The fourth-order valence-corrected chi connectivity index (χ4v) is 4.31. The molecule has 0 saturated heterocycles. The minimum atomic E-state index is -0.342. The first kappa shape index (κ1) is 21.8. The van der Waals surface area contributed by atoms with E-state index < -0.39 is 0 Å². The average molecular weight is 485 g/mol. The van der Waals surface area contributed by atoms with Gasteiger partial charge in [-0.2, -0.15) is 5.10 Å². The van der Waals surface area contributed by atoms with Gasteiger partial charge >= 0.3 is 0 Å². The molecule has 1 unspecified atom stereocenters. The lowest BCUT2D eigenvalue weighted by molar-refractivity contribution is 0.109. The van der Waals surface area contributed by atoms with Gasteiger partial charge < -0.3 is 14.9 Å². The summed E-state index contributed by atoms with van der Waals surface area (Å²) in [6.07, 6.45) is 4.48. The third-order valence-corrected chi connectivity index (χ3v) is 6.31. The van der Waals surface area contributed by atoms with Crippen LogP contribution in [0.5, 0.6) is 11.5 Å². The summed E-state index contributed by atoms with van der Waals surface area (Å²) in [4.78, 5) is 18.5. The summed E-state index contributed by atoms with van der Waals surface area (Å²) in [5.74, 6) is 1.85. The number of aromatic nitrogens is 2. The maximum absolute atomic E-state index is 13.0. The smallest absolute Gasteiger partial charge is 0.281 e. The van der Waals surface area contributed by atoms with E-state index in [9.17, 15) is 4.79 Å². The zero-order chi connectivity index (χ0) is 22.9.